The third-order valence-corrected chi connectivity index (χ3v) is 4.54. The largest absolute Gasteiger partial charge is 0.366 e. The molecule has 1 aromatic carbocycles. The number of hydrogen-bond acceptors (Lipinski definition) is 4. The molecule has 2 N–H and O–H groups in total. The van der Waals surface area contributed by atoms with E-state index in [1.54, 1.807) is 11.3 Å². The minimum absolute atomic E-state index is 0.0470. The topological polar surface area (TPSA) is 42.1 Å². The van der Waals surface area contributed by atoms with Gasteiger partial charge in [0.15, 0.2) is 0 Å². The first-order valence-corrected chi connectivity index (χ1v) is 7.10. The maximum Gasteiger partial charge on any atom is 0.110 e. The first-order valence-electron chi connectivity index (χ1n) is 6.28. The SMILES string of the molecule is CC(N)c1nc2c(s1)CN(c1ccccc1)CC2. The van der Waals surface area contributed by atoms with E-state index in [1.807, 2.05) is 6.92 Å². The second-order valence-electron chi connectivity index (χ2n) is 4.72. The molecule has 0 bridgehead atoms. The average molecular weight is 259 g/mol. The summed E-state index contributed by atoms with van der Waals surface area (Å²) < 4.78 is 0. The third kappa shape index (κ3) is 2.13. The predicted octanol–water partition coefficient (Wildman–Crippen LogP) is 2.73. The van der Waals surface area contributed by atoms with Crippen molar-refractivity contribution in [3.63, 3.8) is 0 Å². The number of hydrogen-bond donors (Lipinski definition) is 1. The zero-order chi connectivity index (χ0) is 12.5. The maximum atomic E-state index is 5.91. The number of benzene rings is 1. The Hall–Kier alpha value is -1.39. The zero-order valence-corrected chi connectivity index (χ0v) is 11.3. The lowest BCUT2D eigenvalue weighted by Crippen LogP contribution is -2.29. The number of nitrogens with two attached hydrogens (primary N) is 1. The molecule has 94 valence electrons. The van der Waals surface area contributed by atoms with Crippen molar-refractivity contribution < 1.29 is 0 Å². The molecule has 1 aliphatic heterocycles. The molecule has 18 heavy (non-hydrogen) atoms. The summed E-state index contributed by atoms with van der Waals surface area (Å²) in [5.41, 5.74) is 8.45. The lowest BCUT2D eigenvalue weighted by atomic mass is 10.1. The van der Waals surface area contributed by atoms with Crippen molar-refractivity contribution in [2.75, 3.05) is 11.4 Å². The van der Waals surface area contributed by atoms with E-state index < -0.39 is 0 Å². The van der Waals surface area contributed by atoms with E-state index in [4.69, 9.17) is 5.73 Å². The highest BCUT2D eigenvalue weighted by Crippen LogP contribution is 2.30. The molecular weight excluding hydrogens is 242 g/mol. The van der Waals surface area contributed by atoms with Crippen molar-refractivity contribution in [3.8, 4) is 0 Å². The van der Waals surface area contributed by atoms with Gasteiger partial charge in [0.25, 0.3) is 0 Å². The Morgan fingerprint density at radius 1 is 1.33 bits per heavy atom. The molecule has 2 aromatic rings. The normalized spacial score (nSPS) is 16.4. The Kier molecular flexibility index (Phi) is 3.06. The van der Waals surface area contributed by atoms with Crippen LogP contribution in [-0.4, -0.2) is 11.5 Å². The van der Waals surface area contributed by atoms with Crippen LogP contribution in [0.4, 0.5) is 5.69 Å². The Bertz CT molecular complexity index is 533. The molecule has 1 aromatic heterocycles. The molecule has 0 spiro atoms. The van der Waals surface area contributed by atoms with Crippen LogP contribution in [0.3, 0.4) is 0 Å². The number of thiazole rings is 1. The van der Waals surface area contributed by atoms with E-state index in [0.29, 0.717) is 0 Å². The van der Waals surface area contributed by atoms with Crippen LogP contribution in [0.2, 0.25) is 0 Å². The summed E-state index contributed by atoms with van der Waals surface area (Å²) in [6.45, 7) is 4.00. The van der Waals surface area contributed by atoms with Gasteiger partial charge in [0, 0.05) is 23.5 Å². The summed E-state index contributed by atoms with van der Waals surface area (Å²) in [5, 5.41) is 1.06. The van der Waals surface area contributed by atoms with Gasteiger partial charge in [-0.15, -0.1) is 11.3 Å². The minimum atomic E-state index is 0.0470. The summed E-state index contributed by atoms with van der Waals surface area (Å²) in [6.07, 6.45) is 1.02. The molecule has 1 aliphatic rings. The van der Waals surface area contributed by atoms with Crippen LogP contribution in [-0.2, 0) is 13.0 Å². The van der Waals surface area contributed by atoms with E-state index in [-0.39, 0.29) is 6.04 Å². The number of para-hydroxylation sites is 1. The van der Waals surface area contributed by atoms with E-state index in [1.165, 1.54) is 16.3 Å². The van der Waals surface area contributed by atoms with Crippen molar-refractivity contribution in [1.29, 1.82) is 0 Å². The Morgan fingerprint density at radius 2 is 2.11 bits per heavy atom. The minimum Gasteiger partial charge on any atom is -0.366 e. The maximum absolute atomic E-state index is 5.91. The Labute approximate surface area is 111 Å². The number of anilines is 1. The van der Waals surface area contributed by atoms with Gasteiger partial charge < -0.3 is 10.6 Å². The van der Waals surface area contributed by atoms with Gasteiger partial charge in [-0.25, -0.2) is 4.98 Å². The van der Waals surface area contributed by atoms with E-state index in [0.717, 1.165) is 24.5 Å². The molecule has 1 atom stereocenters. The van der Waals surface area contributed by atoms with Crippen molar-refractivity contribution in [2.45, 2.75) is 25.9 Å². The van der Waals surface area contributed by atoms with Crippen molar-refractivity contribution in [3.05, 3.63) is 45.9 Å². The van der Waals surface area contributed by atoms with Crippen LogP contribution in [0.15, 0.2) is 30.3 Å². The fourth-order valence-corrected chi connectivity index (χ4v) is 3.35. The van der Waals surface area contributed by atoms with E-state index >= 15 is 0 Å². The highest BCUT2D eigenvalue weighted by Gasteiger charge is 2.21. The number of nitrogens with zero attached hydrogens (tertiary/aromatic N) is 2. The smallest absolute Gasteiger partial charge is 0.110 e. The summed E-state index contributed by atoms with van der Waals surface area (Å²) in [7, 11) is 0. The molecule has 3 rings (SSSR count). The molecule has 1 unspecified atom stereocenters. The van der Waals surface area contributed by atoms with Gasteiger partial charge in [0.1, 0.15) is 5.01 Å². The lowest BCUT2D eigenvalue weighted by molar-refractivity contribution is 0.720. The molecule has 2 heterocycles. The van der Waals surface area contributed by atoms with Gasteiger partial charge in [0.2, 0.25) is 0 Å². The summed E-state index contributed by atoms with van der Waals surface area (Å²) >= 11 is 1.76. The van der Waals surface area contributed by atoms with Crippen LogP contribution in [0, 0.1) is 0 Å². The van der Waals surface area contributed by atoms with Crippen molar-refractivity contribution >= 4 is 17.0 Å². The van der Waals surface area contributed by atoms with Crippen LogP contribution in [0.25, 0.3) is 0 Å². The Balaban J connectivity index is 1.85. The Morgan fingerprint density at radius 3 is 2.83 bits per heavy atom. The number of rotatable bonds is 2. The predicted molar refractivity (Wildman–Crippen MR) is 75.9 cm³/mol. The fraction of sp³-hybridized carbons (Fsp3) is 0.357. The van der Waals surface area contributed by atoms with Crippen LogP contribution in [0.5, 0.6) is 0 Å². The van der Waals surface area contributed by atoms with Crippen molar-refractivity contribution in [2.24, 2.45) is 5.73 Å². The molecular formula is C14H17N3S. The standard InChI is InChI=1S/C14H17N3S/c1-10(15)14-16-12-7-8-17(9-13(12)18-14)11-5-3-2-4-6-11/h2-6,10H,7-9,15H2,1H3. The summed E-state index contributed by atoms with van der Waals surface area (Å²) in [4.78, 5) is 8.43. The van der Waals surface area contributed by atoms with Gasteiger partial charge in [-0.2, -0.15) is 0 Å². The second kappa shape index (κ2) is 4.71. The zero-order valence-electron chi connectivity index (χ0n) is 10.5. The molecule has 0 saturated heterocycles. The molecule has 0 fully saturated rings. The van der Waals surface area contributed by atoms with Gasteiger partial charge in [-0.05, 0) is 19.1 Å². The molecule has 3 nitrogen and oxygen atoms in total. The molecule has 4 heteroatoms. The van der Waals surface area contributed by atoms with E-state index in [9.17, 15) is 0 Å². The van der Waals surface area contributed by atoms with Crippen LogP contribution >= 0.6 is 11.3 Å². The van der Waals surface area contributed by atoms with E-state index in [2.05, 4.69) is 40.2 Å². The van der Waals surface area contributed by atoms with Gasteiger partial charge in [0.05, 0.1) is 18.3 Å². The first-order chi connectivity index (χ1) is 8.74. The summed E-state index contributed by atoms with van der Waals surface area (Å²) in [5.74, 6) is 0. The molecule has 0 saturated carbocycles. The quantitative estimate of drug-likeness (QED) is 0.901. The molecule has 0 amide bonds. The first kappa shape index (κ1) is 11.7. The molecule has 0 aliphatic carbocycles. The van der Waals surface area contributed by atoms with Gasteiger partial charge in [-0.3, -0.25) is 0 Å². The van der Waals surface area contributed by atoms with Gasteiger partial charge in [-0.1, -0.05) is 18.2 Å². The third-order valence-electron chi connectivity index (χ3n) is 3.26. The summed E-state index contributed by atoms with van der Waals surface area (Å²) in [6, 6.07) is 10.6. The molecule has 0 radical (unpaired) electrons. The number of fused-ring (bicyclic) bond motifs is 1. The monoisotopic (exact) mass is 259 g/mol. The lowest BCUT2D eigenvalue weighted by Gasteiger charge is -2.28. The van der Waals surface area contributed by atoms with Crippen molar-refractivity contribution in [1.82, 2.24) is 4.98 Å². The van der Waals surface area contributed by atoms with Gasteiger partial charge >= 0.3 is 0 Å². The second-order valence-corrected chi connectivity index (χ2v) is 5.83. The highest BCUT2D eigenvalue weighted by atomic mass is 32.1. The average Bonchev–Trinajstić information content (AvgIpc) is 2.82. The number of aromatic nitrogens is 1. The fourth-order valence-electron chi connectivity index (χ4n) is 2.27. The van der Waals surface area contributed by atoms with Crippen LogP contribution < -0.4 is 10.6 Å². The highest BCUT2D eigenvalue weighted by molar-refractivity contribution is 7.11. The van der Waals surface area contributed by atoms with Crippen LogP contribution in [0.1, 0.15) is 28.5 Å².